The zero-order valence-electron chi connectivity index (χ0n) is 15.2. The fraction of sp³-hybridized carbons (Fsp3) is 0.286. The van der Waals surface area contributed by atoms with E-state index in [2.05, 4.69) is 27.3 Å². The Morgan fingerprint density at radius 3 is 2.75 bits per heavy atom. The fourth-order valence-corrected chi connectivity index (χ4v) is 4.86. The van der Waals surface area contributed by atoms with Gasteiger partial charge in [-0.2, -0.15) is 0 Å². The third-order valence-corrected chi connectivity index (χ3v) is 6.57. The maximum atomic E-state index is 12.8. The number of aromatic nitrogens is 1. The van der Waals surface area contributed by atoms with Crippen LogP contribution in [-0.2, 0) is 4.79 Å². The minimum Gasteiger partial charge on any atom is -0.352 e. The Labute approximate surface area is 175 Å². The second-order valence-corrected chi connectivity index (χ2v) is 8.76. The zero-order chi connectivity index (χ0) is 19.5. The number of hydrogen-bond acceptors (Lipinski definition) is 4. The van der Waals surface area contributed by atoms with Gasteiger partial charge in [0, 0.05) is 29.5 Å². The van der Waals surface area contributed by atoms with Crippen molar-refractivity contribution in [3.63, 3.8) is 0 Å². The summed E-state index contributed by atoms with van der Waals surface area (Å²) in [5.41, 5.74) is 1.58. The van der Waals surface area contributed by atoms with Crippen LogP contribution in [0.3, 0.4) is 0 Å². The van der Waals surface area contributed by atoms with E-state index in [9.17, 15) is 9.59 Å². The number of benzene rings is 2. The number of amides is 2. The van der Waals surface area contributed by atoms with Gasteiger partial charge in [-0.05, 0) is 49.2 Å². The van der Waals surface area contributed by atoms with Gasteiger partial charge >= 0.3 is 0 Å². The van der Waals surface area contributed by atoms with Crippen LogP contribution in [0.15, 0.2) is 53.0 Å². The number of halogens is 1. The molecule has 5 nitrogen and oxygen atoms in total. The summed E-state index contributed by atoms with van der Waals surface area (Å²) in [7, 11) is 0. The van der Waals surface area contributed by atoms with Crippen molar-refractivity contribution in [2.45, 2.75) is 25.3 Å². The Morgan fingerprint density at radius 1 is 1.18 bits per heavy atom. The molecule has 1 fully saturated rings. The van der Waals surface area contributed by atoms with Gasteiger partial charge in [-0.15, -0.1) is 11.3 Å². The molecule has 144 valence electrons. The second kappa shape index (κ2) is 8.41. The summed E-state index contributed by atoms with van der Waals surface area (Å²) in [6, 6.07) is 15.3. The van der Waals surface area contributed by atoms with E-state index in [1.165, 1.54) is 0 Å². The minimum absolute atomic E-state index is 0.0482. The molecule has 2 amide bonds. The van der Waals surface area contributed by atoms with E-state index in [1.54, 1.807) is 23.5 Å². The van der Waals surface area contributed by atoms with Gasteiger partial charge in [0.15, 0.2) is 0 Å². The summed E-state index contributed by atoms with van der Waals surface area (Å²) in [5, 5.41) is 3.84. The van der Waals surface area contributed by atoms with Crippen molar-refractivity contribution in [3.8, 4) is 0 Å². The number of likely N-dealkylation sites (tertiary alicyclic amines) is 1. The molecule has 1 unspecified atom stereocenters. The molecule has 28 heavy (non-hydrogen) atoms. The molecule has 1 aromatic heterocycles. The number of para-hydroxylation sites is 1. The van der Waals surface area contributed by atoms with Crippen LogP contribution in [0.25, 0.3) is 10.2 Å². The Kier molecular flexibility index (Phi) is 5.73. The van der Waals surface area contributed by atoms with Crippen molar-refractivity contribution in [2.24, 2.45) is 0 Å². The molecular weight excluding hydrogens is 438 g/mol. The molecule has 0 bridgehead atoms. The highest BCUT2D eigenvalue weighted by Crippen LogP contribution is 2.36. The highest BCUT2D eigenvalue weighted by atomic mass is 79.9. The minimum atomic E-state index is -0.163. The van der Waals surface area contributed by atoms with Gasteiger partial charge in [0.2, 0.25) is 5.91 Å². The molecular formula is C21H20BrN3O2S. The number of carbonyl (C=O) groups is 2. The van der Waals surface area contributed by atoms with Crippen molar-refractivity contribution in [1.82, 2.24) is 15.2 Å². The Morgan fingerprint density at radius 2 is 1.96 bits per heavy atom. The molecule has 1 aliphatic heterocycles. The van der Waals surface area contributed by atoms with E-state index in [4.69, 9.17) is 4.98 Å². The topological polar surface area (TPSA) is 62.3 Å². The van der Waals surface area contributed by atoms with E-state index < -0.39 is 0 Å². The summed E-state index contributed by atoms with van der Waals surface area (Å²) < 4.78 is 2.08. The normalized spacial score (nSPS) is 16.5. The fourth-order valence-electron chi connectivity index (χ4n) is 3.48. The van der Waals surface area contributed by atoms with Crippen LogP contribution in [0, 0.1) is 0 Å². The number of rotatable bonds is 5. The summed E-state index contributed by atoms with van der Waals surface area (Å²) in [4.78, 5) is 31.6. The lowest BCUT2D eigenvalue weighted by Crippen LogP contribution is -2.34. The van der Waals surface area contributed by atoms with Crippen molar-refractivity contribution in [3.05, 3.63) is 63.6 Å². The van der Waals surface area contributed by atoms with E-state index in [-0.39, 0.29) is 17.9 Å². The molecule has 7 heteroatoms. The van der Waals surface area contributed by atoms with E-state index in [0.29, 0.717) is 18.5 Å². The monoisotopic (exact) mass is 457 g/mol. The summed E-state index contributed by atoms with van der Waals surface area (Å²) >= 11 is 5.02. The average molecular weight is 458 g/mol. The first-order chi connectivity index (χ1) is 13.6. The third kappa shape index (κ3) is 4.10. The highest BCUT2D eigenvalue weighted by Gasteiger charge is 2.31. The molecule has 2 heterocycles. The standard InChI is InChI=1S/C21H20BrN3O2S/c22-15-9-7-14(8-10-15)20(27)23-12-11-19(26)25-13-3-5-17(25)21-24-16-4-1-2-6-18(16)28-21/h1-2,4,6-10,17H,3,5,11-13H2,(H,23,27). The molecule has 1 N–H and O–H groups in total. The first-order valence-corrected chi connectivity index (χ1v) is 10.9. The quantitative estimate of drug-likeness (QED) is 0.611. The number of thiazole rings is 1. The van der Waals surface area contributed by atoms with Crippen LogP contribution in [0.2, 0.25) is 0 Å². The van der Waals surface area contributed by atoms with Crippen LogP contribution in [0.4, 0.5) is 0 Å². The molecule has 3 aromatic rings. The van der Waals surface area contributed by atoms with Gasteiger partial charge in [0.05, 0.1) is 16.3 Å². The number of nitrogens with one attached hydrogen (secondary N) is 1. The lowest BCUT2D eigenvalue weighted by molar-refractivity contribution is -0.132. The smallest absolute Gasteiger partial charge is 0.251 e. The predicted octanol–water partition coefficient (Wildman–Crippen LogP) is 4.54. The van der Waals surface area contributed by atoms with E-state index >= 15 is 0 Å². The first-order valence-electron chi connectivity index (χ1n) is 9.30. The molecule has 2 aromatic carbocycles. The van der Waals surface area contributed by atoms with Gasteiger partial charge < -0.3 is 10.2 Å². The van der Waals surface area contributed by atoms with Crippen molar-refractivity contribution in [2.75, 3.05) is 13.1 Å². The number of nitrogens with zero attached hydrogens (tertiary/aromatic N) is 2. The molecule has 1 saturated heterocycles. The first kappa shape index (κ1) is 19.1. The Balaban J connectivity index is 1.35. The lowest BCUT2D eigenvalue weighted by atomic mass is 10.2. The molecule has 1 aliphatic rings. The largest absolute Gasteiger partial charge is 0.352 e. The lowest BCUT2D eigenvalue weighted by Gasteiger charge is -2.23. The zero-order valence-corrected chi connectivity index (χ0v) is 17.6. The summed E-state index contributed by atoms with van der Waals surface area (Å²) in [6.07, 6.45) is 2.22. The number of fused-ring (bicyclic) bond motifs is 1. The SMILES string of the molecule is O=C(NCCC(=O)N1CCCC1c1nc2ccccc2s1)c1ccc(Br)cc1. The third-order valence-electron chi connectivity index (χ3n) is 4.90. The average Bonchev–Trinajstić information content (AvgIpc) is 3.35. The van der Waals surface area contributed by atoms with Gasteiger partial charge in [-0.25, -0.2) is 4.98 Å². The van der Waals surface area contributed by atoms with Crippen LogP contribution >= 0.6 is 27.3 Å². The van der Waals surface area contributed by atoms with Gasteiger partial charge in [0.25, 0.3) is 5.91 Å². The summed E-state index contributed by atoms with van der Waals surface area (Å²) in [5.74, 6) is -0.0951. The molecule has 4 rings (SSSR count). The van der Waals surface area contributed by atoms with Gasteiger partial charge in [-0.1, -0.05) is 28.1 Å². The second-order valence-electron chi connectivity index (χ2n) is 6.78. The number of carbonyl (C=O) groups excluding carboxylic acids is 2. The van der Waals surface area contributed by atoms with Crippen LogP contribution in [-0.4, -0.2) is 34.8 Å². The molecule has 1 atom stereocenters. The number of hydrogen-bond donors (Lipinski definition) is 1. The van der Waals surface area contributed by atoms with Crippen molar-refractivity contribution >= 4 is 49.3 Å². The highest BCUT2D eigenvalue weighted by molar-refractivity contribution is 9.10. The summed E-state index contributed by atoms with van der Waals surface area (Å²) in [6.45, 7) is 1.08. The molecule has 0 radical (unpaired) electrons. The van der Waals surface area contributed by atoms with Gasteiger partial charge in [-0.3, -0.25) is 9.59 Å². The van der Waals surface area contributed by atoms with E-state index in [1.807, 2.05) is 35.2 Å². The maximum absolute atomic E-state index is 12.8. The Bertz CT molecular complexity index is 969. The molecule has 0 saturated carbocycles. The molecule has 0 spiro atoms. The van der Waals surface area contributed by atoms with Gasteiger partial charge in [0.1, 0.15) is 5.01 Å². The predicted molar refractivity (Wildman–Crippen MR) is 114 cm³/mol. The van der Waals surface area contributed by atoms with Crippen molar-refractivity contribution < 1.29 is 9.59 Å². The van der Waals surface area contributed by atoms with Crippen LogP contribution < -0.4 is 5.32 Å². The van der Waals surface area contributed by atoms with Crippen LogP contribution in [0.1, 0.15) is 40.7 Å². The maximum Gasteiger partial charge on any atom is 0.251 e. The Hall–Kier alpha value is -2.25. The molecule has 0 aliphatic carbocycles. The van der Waals surface area contributed by atoms with Crippen molar-refractivity contribution in [1.29, 1.82) is 0 Å². The van der Waals surface area contributed by atoms with E-state index in [0.717, 1.165) is 39.1 Å². The van der Waals surface area contributed by atoms with Crippen LogP contribution in [0.5, 0.6) is 0 Å².